The molecule has 5 heteroatoms. The van der Waals surface area contributed by atoms with E-state index in [1.54, 1.807) is 0 Å². The molecule has 6 aliphatic heterocycles. The quantitative estimate of drug-likeness (QED) is 0.471. The minimum Gasteiger partial charge on any atom is -0.377 e. The minimum absolute atomic E-state index is 0.00482. The molecular weight excluding hydrogens is 416 g/mol. The van der Waals surface area contributed by atoms with E-state index in [2.05, 4.69) is 34.6 Å². The normalized spacial score (nSPS) is 58.3. The molecule has 0 N–H and O–H groups in total. The molecule has 10 fully saturated rings. The fourth-order valence-corrected chi connectivity index (χ4v) is 9.38. The van der Waals surface area contributed by atoms with Gasteiger partial charge in [-0.25, -0.2) is 0 Å². The van der Waals surface area contributed by atoms with Crippen molar-refractivity contribution in [2.45, 2.75) is 115 Å². The molecule has 0 aromatic rings. The third-order valence-electron chi connectivity index (χ3n) is 11.2. The van der Waals surface area contributed by atoms with Crippen LogP contribution in [0.1, 0.15) is 86.0 Å². The highest BCUT2D eigenvalue weighted by atomic mass is 16.7. The summed E-state index contributed by atoms with van der Waals surface area (Å²) in [6.45, 7) is 14.3. The van der Waals surface area contributed by atoms with Crippen LogP contribution in [0, 0.1) is 34.0 Å². The van der Waals surface area contributed by atoms with Crippen molar-refractivity contribution in [2.24, 2.45) is 34.0 Å². The summed E-state index contributed by atoms with van der Waals surface area (Å²) >= 11 is 0. The second-order valence-corrected chi connectivity index (χ2v) is 14.7. The topological polar surface area (TPSA) is 49.5 Å². The molecular formula is C28H44O5. The molecule has 3 spiro atoms. The van der Waals surface area contributed by atoms with Crippen LogP contribution in [0.5, 0.6) is 0 Å². The standard InChI is InChI=1S/C28H44O5/c1-23(2)14-29-21-7-6-19-18-8-11-26-13-28(31-16-23)22(30-15-24(3,4)17-32-28)12-27(26,33-26)20(18)9-10-25(19,21)5/h18-22H,6-17H2,1-5H3/t18-,19+,20?,21?,22?,25-,26-,27-,28?/m0/s1. The molecule has 6 saturated heterocycles. The zero-order chi connectivity index (χ0) is 22.9. The highest BCUT2D eigenvalue weighted by Gasteiger charge is 2.82. The molecule has 8 bridgehead atoms. The maximum absolute atomic E-state index is 6.98. The van der Waals surface area contributed by atoms with E-state index in [1.807, 2.05) is 0 Å². The number of rotatable bonds is 0. The summed E-state index contributed by atoms with van der Waals surface area (Å²) in [5.41, 5.74) is 0.146. The highest BCUT2D eigenvalue weighted by molar-refractivity contribution is 5.29. The monoisotopic (exact) mass is 460 g/mol. The van der Waals surface area contributed by atoms with E-state index >= 15 is 0 Å². The zero-order valence-electron chi connectivity index (χ0n) is 21.4. The average Bonchev–Trinajstić information content (AvgIpc) is 3.34. The van der Waals surface area contributed by atoms with Crippen LogP contribution in [0.4, 0.5) is 0 Å². The summed E-state index contributed by atoms with van der Waals surface area (Å²) in [6.07, 6.45) is 9.63. The molecule has 6 heterocycles. The van der Waals surface area contributed by atoms with Crippen LogP contribution in [0.3, 0.4) is 0 Å². The summed E-state index contributed by atoms with van der Waals surface area (Å²) in [5, 5.41) is 0. The molecule has 4 saturated carbocycles. The van der Waals surface area contributed by atoms with E-state index in [-0.39, 0.29) is 28.1 Å². The van der Waals surface area contributed by atoms with Gasteiger partial charge in [0, 0.05) is 23.7 Å². The van der Waals surface area contributed by atoms with Crippen LogP contribution in [0.25, 0.3) is 0 Å². The van der Waals surface area contributed by atoms with Crippen molar-refractivity contribution in [3.63, 3.8) is 0 Å². The Morgan fingerprint density at radius 2 is 1.36 bits per heavy atom. The lowest BCUT2D eigenvalue weighted by Crippen LogP contribution is -2.63. The van der Waals surface area contributed by atoms with Crippen LogP contribution >= 0.6 is 0 Å². The van der Waals surface area contributed by atoms with E-state index in [0.29, 0.717) is 30.7 Å². The van der Waals surface area contributed by atoms with Gasteiger partial charge in [-0.3, -0.25) is 0 Å². The van der Waals surface area contributed by atoms with E-state index in [1.165, 1.54) is 32.1 Å². The minimum atomic E-state index is -0.704. The smallest absolute Gasteiger partial charge is 0.197 e. The van der Waals surface area contributed by atoms with Crippen molar-refractivity contribution in [3.8, 4) is 0 Å². The Morgan fingerprint density at radius 1 is 0.667 bits per heavy atom. The molecule has 0 aromatic heterocycles. The molecule has 4 aliphatic carbocycles. The van der Waals surface area contributed by atoms with Gasteiger partial charge in [-0.1, -0.05) is 34.6 Å². The second kappa shape index (κ2) is 6.56. The van der Waals surface area contributed by atoms with Gasteiger partial charge in [-0.05, 0) is 61.7 Å². The lowest BCUT2D eigenvalue weighted by Gasteiger charge is -2.56. The Morgan fingerprint density at radius 3 is 2.09 bits per heavy atom. The van der Waals surface area contributed by atoms with Gasteiger partial charge < -0.3 is 23.7 Å². The van der Waals surface area contributed by atoms with Crippen molar-refractivity contribution in [1.82, 2.24) is 0 Å². The van der Waals surface area contributed by atoms with Crippen LogP contribution in [0.15, 0.2) is 0 Å². The maximum Gasteiger partial charge on any atom is 0.197 e. The highest BCUT2D eigenvalue weighted by Crippen LogP contribution is 2.75. The van der Waals surface area contributed by atoms with Crippen LogP contribution in [0.2, 0.25) is 0 Å². The van der Waals surface area contributed by atoms with Gasteiger partial charge in [-0.15, -0.1) is 0 Å². The number of fused-ring (bicyclic) bond motifs is 1. The number of hydrogen-bond donors (Lipinski definition) is 0. The van der Waals surface area contributed by atoms with Gasteiger partial charge in [-0.2, -0.15) is 0 Å². The first kappa shape index (κ1) is 22.0. The molecule has 33 heavy (non-hydrogen) atoms. The third-order valence-corrected chi connectivity index (χ3v) is 11.2. The molecule has 5 nitrogen and oxygen atoms in total. The molecule has 4 unspecified atom stereocenters. The SMILES string of the molecule is CC1(C)COC2C[C@@]34O[C@]35CC[C@@H]3C4CC[C@]4(C)C(CC[C@H]34)OCC(C)(C)COC2(C5)OC1. The van der Waals surface area contributed by atoms with E-state index < -0.39 is 5.79 Å². The van der Waals surface area contributed by atoms with E-state index in [0.717, 1.165) is 44.3 Å². The largest absolute Gasteiger partial charge is 0.377 e. The molecule has 186 valence electrons. The summed E-state index contributed by atoms with van der Waals surface area (Å²) in [6, 6.07) is 0. The first-order chi connectivity index (χ1) is 15.5. The van der Waals surface area contributed by atoms with Crippen LogP contribution in [-0.4, -0.2) is 55.6 Å². The Balaban J connectivity index is 1.32. The maximum atomic E-state index is 6.98. The van der Waals surface area contributed by atoms with Crippen molar-refractivity contribution < 1.29 is 23.7 Å². The third kappa shape index (κ3) is 2.89. The van der Waals surface area contributed by atoms with Crippen LogP contribution in [-0.2, 0) is 23.7 Å². The Kier molecular flexibility index (Phi) is 4.38. The van der Waals surface area contributed by atoms with Gasteiger partial charge in [0.15, 0.2) is 5.79 Å². The molecule has 10 rings (SSSR count). The molecule has 0 aromatic carbocycles. The van der Waals surface area contributed by atoms with Crippen molar-refractivity contribution in [2.75, 3.05) is 26.4 Å². The summed E-state index contributed by atoms with van der Waals surface area (Å²) in [4.78, 5) is 0. The fraction of sp³-hybridized carbons (Fsp3) is 1.00. The Labute approximate surface area is 199 Å². The molecule has 0 amide bonds. The van der Waals surface area contributed by atoms with Gasteiger partial charge in [0.1, 0.15) is 17.3 Å². The fourth-order valence-electron chi connectivity index (χ4n) is 9.38. The Hall–Kier alpha value is -0.200. The first-order valence-corrected chi connectivity index (χ1v) is 13.7. The van der Waals surface area contributed by atoms with Crippen molar-refractivity contribution >= 4 is 0 Å². The summed E-state index contributed by atoms with van der Waals surface area (Å²) < 4.78 is 34.1. The summed E-state index contributed by atoms with van der Waals surface area (Å²) in [5.74, 6) is 1.49. The van der Waals surface area contributed by atoms with E-state index in [4.69, 9.17) is 23.7 Å². The lowest BCUT2D eigenvalue weighted by atomic mass is 9.50. The first-order valence-electron chi connectivity index (χ1n) is 13.7. The predicted molar refractivity (Wildman–Crippen MR) is 124 cm³/mol. The van der Waals surface area contributed by atoms with Crippen molar-refractivity contribution in [3.05, 3.63) is 0 Å². The van der Waals surface area contributed by atoms with Gasteiger partial charge in [0.2, 0.25) is 0 Å². The van der Waals surface area contributed by atoms with Gasteiger partial charge in [0.25, 0.3) is 0 Å². The molecule has 0 radical (unpaired) electrons. The van der Waals surface area contributed by atoms with Gasteiger partial charge >= 0.3 is 0 Å². The second-order valence-electron chi connectivity index (χ2n) is 14.7. The lowest BCUT2D eigenvalue weighted by molar-refractivity contribution is -0.310. The Bertz CT molecular complexity index is 840. The predicted octanol–water partition coefficient (Wildman–Crippen LogP) is 5.10. The van der Waals surface area contributed by atoms with Crippen LogP contribution < -0.4 is 0 Å². The van der Waals surface area contributed by atoms with Gasteiger partial charge in [0.05, 0.1) is 32.5 Å². The summed E-state index contributed by atoms with van der Waals surface area (Å²) in [7, 11) is 0. The molecule has 10 aliphatic rings. The molecule has 9 atom stereocenters. The zero-order valence-corrected chi connectivity index (χ0v) is 21.4. The average molecular weight is 461 g/mol. The van der Waals surface area contributed by atoms with E-state index in [9.17, 15) is 0 Å². The number of ether oxygens (including phenoxy) is 5. The number of epoxide rings is 1. The van der Waals surface area contributed by atoms with Crippen molar-refractivity contribution in [1.29, 1.82) is 0 Å². The number of hydrogen-bond acceptors (Lipinski definition) is 5.